The summed E-state index contributed by atoms with van der Waals surface area (Å²) < 4.78 is 6.10. The molecule has 1 N–H and O–H groups in total. The summed E-state index contributed by atoms with van der Waals surface area (Å²) in [5.41, 5.74) is 1.84. The van der Waals surface area contributed by atoms with Crippen molar-refractivity contribution < 1.29 is 4.52 Å². The average Bonchev–Trinajstić information content (AvgIpc) is 2.66. The van der Waals surface area contributed by atoms with Gasteiger partial charge in [-0.2, -0.15) is 0 Å². The molecule has 0 aromatic carbocycles. The Hall–Kier alpha value is -1.36. The normalized spacial score (nSPS) is 10.4. The van der Waals surface area contributed by atoms with Crippen molar-refractivity contribution in [1.82, 2.24) is 10.1 Å². The lowest BCUT2D eigenvalue weighted by atomic mass is 10.3. The van der Waals surface area contributed by atoms with Crippen molar-refractivity contribution in [3.05, 3.63) is 39.8 Å². The lowest BCUT2D eigenvalue weighted by Crippen LogP contribution is -2.01. The molecular weight excluding hydrogens is 270 g/mol. The zero-order valence-electron chi connectivity index (χ0n) is 9.12. The van der Waals surface area contributed by atoms with Gasteiger partial charge in [-0.05, 0) is 41.9 Å². The van der Waals surface area contributed by atoms with Gasteiger partial charge >= 0.3 is 0 Å². The number of pyridine rings is 1. The Morgan fingerprint density at radius 3 is 2.81 bits per heavy atom. The zero-order chi connectivity index (χ0) is 11.5. The second kappa shape index (κ2) is 4.65. The van der Waals surface area contributed by atoms with Crippen LogP contribution in [0.25, 0.3) is 0 Å². The van der Waals surface area contributed by atoms with Crippen molar-refractivity contribution >= 4 is 21.7 Å². The fourth-order valence-electron chi connectivity index (χ4n) is 1.32. The highest BCUT2D eigenvalue weighted by molar-refractivity contribution is 9.10. The van der Waals surface area contributed by atoms with Crippen molar-refractivity contribution in [2.24, 2.45) is 0 Å². The van der Waals surface area contributed by atoms with E-state index >= 15 is 0 Å². The van der Waals surface area contributed by atoms with Crippen LogP contribution in [0.4, 0.5) is 5.82 Å². The molecule has 84 valence electrons. The molecule has 0 aliphatic heterocycles. The number of hydrogen-bond acceptors (Lipinski definition) is 4. The van der Waals surface area contributed by atoms with Crippen LogP contribution in [-0.4, -0.2) is 10.1 Å². The fraction of sp³-hybridized carbons (Fsp3) is 0.273. The number of nitrogens with one attached hydrogen (secondary N) is 1. The third-order valence-electron chi connectivity index (χ3n) is 2.14. The fourth-order valence-corrected chi connectivity index (χ4v) is 1.54. The van der Waals surface area contributed by atoms with E-state index in [9.17, 15) is 0 Å². The van der Waals surface area contributed by atoms with Crippen molar-refractivity contribution in [1.29, 1.82) is 0 Å². The summed E-state index contributed by atoms with van der Waals surface area (Å²) in [6.45, 7) is 4.44. The van der Waals surface area contributed by atoms with Crippen LogP contribution in [0.15, 0.2) is 27.2 Å². The minimum Gasteiger partial charge on any atom is -0.363 e. The van der Waals surface area contributed by atoms with Crippen LogP contribution < -0.4 is 5.32 Å². The molecular formula is C11H12BrN3O. The molecule has 0 aliphatic rings. The second-order valence-electron chi connectivity index (χ2n) is 3.55. The quantitative estimate of drug-likeness (QED) is 0.940. The first-order chi connectivity index (χ1) is 7.65. The van der Waals surface area contributed by atoms with Gasteiger partial charge in [-0.3, -0.25) is 0 Å². The van der Waals surface area contributed by atoms with Crippen molar-refractivity contribution in [3.63, 3.8) is 0 Å². The first-order valence-electron chi connectivity index (χ1n) is 4.94. The van der Waals surface area contributed by atoms with Crippen LogP contribution >= 0.6 is 15.9 Å². The maximum atomic E-state index is 5.09. The topological polar surface area (TPSA) is 51.0 Å². The van der Waals surface area contributed by atoms with E-state index in [1.165, 1.54) is 0 Å². The van der Waals surface area contributed by atoms with Gasteiger partial charge in [-0.1, -0.05) is 5.16 Å². The predicted molar refractivity (Wildman–Crippen MR) is 65.2 cm³/mol. The standard InChI is InChI=1S/C11H12BrN3O/c1-7-5-9(16-15-7)6-13-11-4-3-10(12)8(2)14-11/h3-5H,6H2,1-2H3,(H,13,14). The van der Waals surface area contributed by atoms with Gasteiger partial charge in [-0.25, -0.2) is 4.98 Å². The smallest absolute Gasteiger partial charge is 0.156 e. The molecule has 0 bridgehead atoms. The van der Waals surface area contributed by atoms with E-state index in [1.807, 2.05) is 32.0 Å². The highest BCUT2D eigenvalue weighted by Crippen LogP contribution is 2.16. The van der Waals surface area contributed by atoms with Gasteiger partial charge in [0.2, 0.25) is 0 Å². The molecule has 0 atom stereocenters. The summed E-state index contributed by atoms with van der Waals surface area (Å²) in [6, 6.07) is 5.79. The highest BCUT2D eigenvalue weighted by atomic mass is 79.9. The van der Waals surface area contributed by atoms with Crippen LogP contribution in [0.5, 0.6) is 0 Å². The summed E-state index contributed by atoms with van der Waals surface area (Å²) in [5, 5.41) is 6.99. The van der Waals surface area contributed by atoms with Crippen molar-refractivity contribution in [2.75, 3.05) is 5.32 Å². The minimum atomic E-state index is 0.592. The molecule has 0 spiro atoms. The van der Waals surface area contributed by atoms with Crippen LogP contribution in [0.1, 0.15) is 17.1 Å². The van der Waals surface area contributed by atoms with Crippen LogP contribution in [0.3, 0.4) is 0 Å². The summed E-state index contributed by atoms with van der Waals surface area (Å²) in [6.07, 6.45) is 0. The molecule has 0 radical (unpaired) electrons. The molecule has 5 heteroatoms. The van der Waals surface area contributed by atoms with E-state index < -0.39 is 0 Å². The Morgan fingerprint density at radius 2 is 2.19 bits per heavy atom. The van der Waals surface area contributed by atoms with Crippen molar-refractivity contribution in [3.8, 4) is 0 Å². The van der Waals surface area contributed by atoms with Crippen molar-refractivity contribution in [2.45, 2.75) is 20.4 Å². The van der Waals surface area contributed by atoms with Gasteiger partial charge in [0, 0.05) is 10.5 Å². The second-order valence-corrected chi connectivity index (χ2v) is 4.41. The number of hydrogen-bond donors (Lipinski definition) is 1. The molecule has 0 unspecified atom stereocenters. The first-order valence-corrected chi connectivity index (χ1v) is 5.73. The summed E-state index contributed by atoms with van der Waals surface area (Å²) in [5.74, 6) is 1.63. The van der Waals surface area contributed by atoms with Gasteiger partial charge in [0.05, 0.1) is 17.9 Å². The SMILES string of the molecule is Cc1cc(CNc2ccc(Br)c(C)n2)on1. The van der Waals surface area contributed by atoms with E-state index in [2.05, 4.69) is 31.4 Å². The maximum Gasteiger partial charge on any atom is 0.156 e. The van der Waals surface area contributed by atoms with Crippen LogP contribution in [0.2, 0.25) is 0 Å². The number of aromatic nitrogens is 2. The Bertz CT molecular complexity index is 496. The zero-order valence-corrected chi connectivity index (χ0v) is 10.7. The average molecular weight is 282 g/mol. The molecule has 16 heavy (non-hydrogen) atoms. The molecule has 0 aliphatic carbocycles. The number of anilines is 1. The summed E-state index contributed by atoms with van der Waals surface area (Å²) >= 11 is 3.41. The molecule has 0 amide bonds. The predicted octanol–water partition coefficient (Wildman–Crippen LogP) is 3.06. The molecule has 2 rings (SSSR count). The van der Waals surface area contributed by atoms with E-state index in [-0.39, 0.29) is 0 Å². The van der Waals surface area contributed by atoms with Gasteiger partial charge in [0.15, 0.2) is 5.76 Å². The maximum absolute atomic E-state index is 5.09. The summed E-state index contributed by atoms with van der Waals surface area (Å²) in [4.78, 5) is 4.37. The largest absolute Gasteiger partial charge is 0.363 e. The Balaban J connectivity index is 2.02. The molecule has 2 heterocycles. The Kier molecular flexibility index (Phi) is 3.24. The third-order valence-corrected chi connectivity index (χ3v) is 2.98. The number of nitrogens with zero attached hydrogens (tertiary/aromatic N) is 2. The minimum absolute atomic E-state index is 0.592. The molecule has 0 saturated carbocycles. The van der Waals surface area contributed by atoms with E-state index in [0.29, 0.717) is 6.54 Å². The Morgan fingerprint density at radius 1 is 1.38 bits per heavy atom. The lowest BCUT2D eigenvalue weighted by molar-refractivity contribution is 0.384. The third kappa shape index (κ3) is 2.61. The first kappa shape index (κ1) is 11.1. The van der Waals surface area contributed by atoms with E-state index in [4.69, 9.17) is 4.52 Å². The van der Waals surface area contributed by atoms with Crippen LogP contribution in [-0.2, 0) is 6.54 Å². The van der Waals surface area contributed by atoms with E-state index in [1.54, 1.807) is 0 Å². The van der Waals surface area contributed by atoms with Gasteiger partial charge in [0.25, 0.3) is 0 Å². The molecule has 2 aromatic rings. The van der Waals surface area contributed by atoms with Gasteiger partial charge < -0.3 is 9.84 Å². The molecule has 2 aromatic heterocycles. The molecule has 4 nitrogen and oxygen atoms in total. The number of rotatable bonds is 3. The highest BCUT2D eigenvalue weighted by Gasteiger charge is 2.02. The van der Waals surface area contributed by atoms with Gasteiger partial charge in [0.1, 0.15) is 5.82 Å². The van der Waals surface area contributed by atoms with Gasteiger partial charge in [-0.15, -0.1) is 0 Å². The molecule has 0 saturated heterocycles. The van der Waals surface area contributed by atoms with Crippen LogP contribution in [0, 0.1) is 13.8 Å². The lowest BCUT2D eigenvalue weighted by Gasteiger charge is -2.04. The number of aryl methyl sites for hydroxylation is 2. The summed E-state index contributed by atoms with van der Waals surface area (Å²) in [7, 11) is 0. The monoisotopic (exact) mass is 281 g/mol. The van der Waals surface area contributed by atoms with E-state index in [0.717, 1.165) is 27.4 Å². The Labute approximate surface area is 102 Å². The molecule has 0 fully saturated rings. The number of halogens is 1.